The second-order valence-electron chi connectivity index (χ2n) is 4.94. The van der Waals surface area contributed by atoms with Crippen LogP contribution in [0, 0.1) is 5.92 Å². The Kier molecular flexibility index (Phi) is 6.23. The molecule has 1 aliphatic heterocycles. The molecule has 2 rings (SSSR count). The van der Waals surface area contributed by atoms with Gasteiger partial charge in [0.2, 0.25) is 10.0 Å². The van der Waals surface area contributed by atoms with Crippen molar-refractivity contribution < 1.29 is 13.5 Å². The Morgan fingerprint density at radius 1 is 1.29 bits per heavy atom. The van der Waals surface area contributed by atoms with Crippen LogP contribution in [-0.4, -0.2) is 31.6 Å². The molecule has 0 atom stereocenters. The van der Waals surface area contributed by atoms with E-state index in [-0.39, 0.29) is 21.5 Å². The van der Waals surface area contributed by atoms with Crippen LogP contribution in [0.3, 0.4) is 0 Å². The van der Waals surface area contributed by atoms with Crippen molar-refractivity contribution in [2.45, 2.75) is 24.3 Å². The van der Waals surface area contributed by atoms with Crippen LogP contribution >= 0.6 is 35.0 Å². The first-order chi connectivity index (χ1) is 9.94. The van der Waals surface area contributed by atoms with E-state index in [0.29, 0.717) is 18.0 Å². The highest BCUT2D eigenvalue weighted by molar-refractivity contribution is 7.99. The van der Waals surface area contributed by atoms with Gasteiger partial charge < -0.3 is 5.11 Å². The maximum absolute atomic E-state index is 12.4. The second-order valence-corrected chi connectivity index (χ2v) is 8.72. The van der Waals surface area contributed by atoms with Crippen LogP contribution in [0.15, 0.2) is 17.0 Å². The quantitative estimate of drug-likeness (QED) is 0.837. The van der Waals surface area contributed by atoms with Crippen molar-refractivity contribution >= 4 is 45.0 Å². The van der Waals surface area contributed by atoms with Gasteiger partial charge in [-0.3, -0.25) is 0 Å². The summed E-state index contributed by atoms with van der Waals surface area (Å²) in [6.07, 6.45) is 2.02. The molecule has 21 heavy (non-hydrogen) atoms. The third-order valence-electron chi connectivity index (χ3n) is 3.44. The number of benzene rings is 1. The predicted molar refractivity (Wildman–Crippen MR) is 87.6 cm³/mol. The molecule has 4 nitrogen and oxygen atoms in total. The van der Waals surface area contributed by atoms with Crippen molar-refractivity contribution in [1.29, 1.82) is 0 Å². The van der Waals surface area contributed by atoms with Gasteiger partial charge >= 0.3 is 0 Å². The lowest BCUT2D eigenvalue weighted by atomic mass is 10.0. The Hall–Kier alpha value is 0.0200. The average Bonchev–Trinajstić information content (AvgIpc) is 2.48. The topological polar surface area (TPSA) is 66.4 Å². The summed E-state index contributed by atoms with van der Waals surface area (Å²) in [6.45, 7) is 0.0436. The number of hydrogen-bond donors (Lipinski definition) is 2. The van der Waals surface area contributed by atoms with Crippen molar-refractivity contribution in [1.82, 2.24) is 4.72 Å². The monoisotopic (exact) mass is 369 g/mol. The molecular formula is C13H17Cl2NO3S2. The van der Waals surface area contributed by atoms with E-state index in [9.17, 15) is 13.5 Å². The molecule has 0 bridgehead atoms. The summed E-state index contributed by atoms with van der Waals surface area (Å²) in [5.41, 5.74) is 0.304. The zero-order chi connectivity index (χ0) is 15.5. The maximum atomic E-state index is 12.4. The zero-order valence-electron chi connectivity index (χ0n) is 11.3. The summed E-state index contributed by atoms with van der Waals surface area (Å²) in [4.78, 5) is -0.0779. The van der Waals surface area contributed by atoms with Crippen LogP contribution in [0.1, 0.15) is 18.4 Å². The molecule has 1 heterocycles. The average molecular weight is 370 g/mol. The van der Waals surface area contributed by atoms with E-state index in [0.717, 1.165) is 24.3 Å². The molecule has 1 saturated heterocycles. The third-order valence-corrected chi connectivity index (χ3v) is 6.72. The van der Waals surface area contributed by atoms with Crippen molar-refractivity contribution in [2.75, 3.05) is 18.1 Å². The second kappa shape index (κ2) is 7.53. The molecule has 2 N–H and O–H groups in total. The number of thioether (sulfide) groups is 1. The number of nitrogens with one attached hydrogen (secondary N) is 1. The van der Waals surface area contributed by atoms with Crippen LogP contribution in [0.5, 0.6) is 0 Å². The molecule has 0 spiro atoms. The summed E-state index contributed by atoms with van der Waals surface area (Å²) in [7, 11) is -3.73. The number of aliphatic hydroxyl groups excluding tert-OH is 1. The predicted octanol–water partition coefficient (Wildman–Crippen LogP) is 2.91. The number of sulfonamides is 1. The minimum Gasteiger partial charge on any atom is -0.392 e. The summed E-state index contributed by atoms with van der Waals surface area (Å²) in [5.74, 6) is 2.49. The molecule has 1 aliphatic rings. The fourth-order valence-corrected chi connectivity index (χ4v) is 5.43. The number of halogens is 2. The first kappa shape index (κ1) is 17.4. The molecule has 0 amide bonds. The summed E-state index contributed by atoms with van der Waals surface area (Å²) < 4.78 is 27.4. The maximum Gasteiger partial charge on any atom is 0.242 e. The van der Waals surface area contributed by atoms with Gasteiger partial charge in [-0.1, -0.05) is 23.2 Å². The van der Waals surface area contributed by atoms with Gasteiger partial charge in [0.15, 0.2) is 0 Å². The Morgan fingerprint density at radius 2 is 1.95 bits per heavy atom. The van der Waals surface area contributed by atoms with Crippen LogP contribution in [0.25, 0.3) is 0 Å². The van der Waals surface area contributed by atoms with Gasteiger partial charge in [0.05, 0.1) is 11.6 Å². The van der Waals surface area contributed by atoms with Gasteiger partial charge in [-0.15, -0.1) is 0 Å². The summed E-state index contributed by atoms with van der Waals surface area (Å²) in [5, 5.41) is 9.46. The lowest BCUT2D eigenvalue weighted by Crippen LogP contribution is -2.31. The van der Waals surface area contributed by atoms with Gasteiger partial charge in [0, 0.05) is 11.6 Å². The van der Waals surface area contributed by atoms with Crippen LogP contribution in [-0.2, 0) is 16.6 Å². The standard InChI is InChI=1S/C13H17Cl2NO3S2/c14-11-5-10(8-17)13(15)12(6-11)21(18,19)16-7-9-1-3-20-4-2-9/h5-6,9,16-17H,1-4,7-8H2. The number of aliphatic hydroxyl groups is 1. The van der Waals surface area contributed by atoms with E-state index in [2.05, 4.69) is 4.72 Å². The van der Waals surface area contributed by atoms with Gasteiger partial charge in [0.1, 0.15) is 4.90 Å². The normalized spacial score (nSPS) is 17.1. The van der Waals surface area contributed by atoms with Crippen molar-refractivity contribution in [3.63, 3.8) is 0 Å². The Balaban J connectivity index is 2.17. The van der Waals surface area contributed by atoms with E-state index in [1.165, 1.54) is 12.1 Å². The SMILES string of the molecule is O=S(=O)(NCC1CCSCC1)c1cc(Cl)cc(CO)c1Cl. The van der Waals surface area contributed by atoms with E-state index in [1.807, 2.05) is 11.8 Å². The summed E-state index contributed by atoms with van der Waals surface area (Å²) >= 11 is 13.8. The molecule has 0 aromatic heterocycles. The molecule has 0 unspecified atom stereocenters. The largest absolute Gasteiger partial charge is 0.392 e. The lowest BCUT2D eigenvalue weighted by Gasteiger charge is -2.21. The number of rotatable bonds is 5. The highest BCUT2D eigenvalue weighted by Gasteiger charge is 2.23. The van der Waals surface area contributed by atoms with Crippen LogP contribution < -0.4 is 4.72 Å². The van der Waals surface area contributed by atoms with Crippen molar-refractivity contribution in [3.8, 4) is 0 Å². The van der Waals surface area contributed by atoms with Crippen LogP contribution in [0.2, 0.25) is 10.0 Å². The van der Waals surface area contributed by atoms with E-state index in [1.54, 1.807) is 0 Å². The molecule has 1 aromatic carbocycles. The molecule has 0 aliphatic carbocycles. The Bertz CT molecular complexity index is 602. The van der Waals surface area contributed by atoms with E-state index in [4.69, 9.17) is 23.2 Å². The molecule has 118 valence electrons. The first-order valence-corrected chi connectivity index (χ1v) is 9.99. The third kappa shape index (κ3) is 4.50. The van der Waals surface area contributed by atoms with E-state index >= 15 is 0 Å². The molecule has 0 saturated carbocycles. The highest BCUT2D eigenvalue weighted by atomic mass is 35.5. The zero-order valence-corrected chi connectivity index (χ0v) is 14.5. The summed E-state index contributed by atoms with van der Waals surface area (Å²) in [6, 6.07) is 2.77. The number of hydrogen-bond acceptors (Lipinski definition) is 4. The smallest absolute Gasteiger partial charge is 0.242 e. The first-order valence-electron chi connectivity index (χ1n) is 6.60. The fraction of sp³-hybridized carbons (Fsp3) is 0.538. The highest BCUT2D eigenvalue weighted by Crippen LogP contribution is 2.30. The van der Waals surface area contributed by atoms with Crippen molar-refractivity contribution in [3.05, 3.63) is 27.7 Å². The van der Waals surface area contributed by atoms with Crippen LogP contribution in [0.4, 0.5) is 0 Å². The molecular weight excluding hydrogens is 353 g/mol. The van der Waals surface area contributed by atoms with Gasteiger partial charge in [-0.25, -0.2) is 13.1 Å². The molecule has 1 fully saturated rings. The van der Waals surface area contributed by atoms with Gasteiger partial charge in [0.25, 0.3) is 0 Å². The van der Waals surface area contributed by atoms with Crippen molar-refractivity contribution in [2.24, 2.45) is 5.92 Å². The fourth-order valence-electron chi connectivity index (χ4n) is 2.18. The minimum absolute atomic E-state index is 0.0219. The minimum atomic E-state index is -3.73. The lowest BCUT2D eigenvalue weighted by molar-refractivity contribution is 0.281. The molecule has 0 radical (unpaired) electrons. The molecule has 1 aromatic rings. The van der Waals surface area contributed by atoms with E-state index < -0.39 is 10.0 Å². The Labute approximate surface area is 139 Å². The van der Waals surface area contributed by atoms with Gasteiger partial charge in [-0.2, -0.15) is 11.8 Å². The Morgan fingerprint density at radius 3 is 2.57 bits per heavy atom. The van der Waals surface area contributed by atoms with Gasteiger partial charge in [-0.05, 0) is 48.0 Å². The molecule has 8 heteroatoms.